The van der Waals surface area contributed by atoms with E-state index in [4.69, 9.17) is 0 Å². The summed E-state index contributed by atoms with van der Waals surface area (Å²) in [7, 11) is 0. The van der Waals surface area contributed by atoms with Crippen LogP contribution in [0.3, 0.4) is 0 Å². The van der Waals surface area contributed by atoms with E-state index in [1.807, 2.05) is 6.07 Å². The molecule has 1 aliphatic rings. The molecule has 0 spiro atoms. The second-order valence-electron chi connectivity index (χ2n) is 5.83. The molecule has 1 fully saturated rings. The van der Waals surface area contributed by atoms with Crippen LogP contribution in [0.5, 0.6) is 0 Å². The summed E-state index contributed by atoms with van der Waals surface area (Å²) >= 11 is 0. The maximum atomic E-state index is 12.9. The molecule has 128 valence electrons. The predicted octanol–water partition coefficient (Wildman–Crippen LogP) is 4.05. The summed E-state index contributed by atoms with van der Waals surface area (Å²) in [6, 6.07) is 17.5. The third-order valence-corrected chi connectivity index (χ3v) is 4.02. The summed E-state index contributed by atoms with van der Waals surface area (Å²) in [6.45, 7) is 3.41. The first-order chi connectivity index (χ1) is 11.3. The maximum absolute atomic E-state index is 12.9. The average Bonchev–Trinajstić information content (AvgIpc) is 3.34. The fourth-order valence-corrected chi connectivity index (χ4v) is 2.68. The molecule has 2 atom stereocenters. The standard InChI is InChI=1S/C19H22FN3.HI/c1-2-21-19(22-13-14-8-10-16(20)11-9-14)23-18-12-17(18)15-6-4-3-5-7-15;/h3-11,17-18H,2,12-13H2,1H3,(H2,21,22,23);1H. The SMILES string of the molecule is CCNC(=NCc1ccc(F)cc1)NC1CC1c1ccccc1.I. The molecular formula is C19H23FIN3. The van der Waals surface area contributed by atoms with Crippen LogP contribution >= 0.6 is 24.0 Å². The van der Waals surface area contributed by atoms with Crippen LogP contribution in [0.25, 0.3) is 0 Å². The van der Waals surface area contributed by atoms with Gasteiger partial charge < -0.3 is 10.6 Å². The zero-order valence-corrected chi connectivity index (χ0v) is 16.0. The molecule has 0 amide bonds. The summed E-state index contributed by atoms with van der Waals surface area (Å²) in [6.07, 6.45) is 1.13. The Morgan fingerprint density at radius 2 is 1.83 bits per heavy atom. The number of hydrogen-bond acceptors (Lipinski definition) is 1. The van der Waals surface area contributed by atoms with Gasteiger partial charge in [0.25, 0.3) is 0 Å². The smallest absolute Gasteiger partial charge is 0.191 e. The lowest BCUT2D eigenvalue weighted by Gasteiger charge is -2.11. The zero-order valence-electron chi connectivity index (χ0n) is 13.7. The Balaban J connectivity index is 0.00000208. The van der Waals surface area contributed by atoms with Crippen LogP contribution in [0, 0.1) is 5.82 Å². The lowest BCUT2D eigenvalue weighted by molar-refractivity contribution is 0.627. The van der Waals surface area contributed by atoms with E-state index < -0.39 is 0 Å². The number of hydrogen-bond donors (Lipinski definition) is 2. The summed E-state index contributed by atoms with van der Waals surface area (Å²) in [5.41, 5.74) is 2.37. The van der Waals surface area contributed by atoms with Gasteiger partial charge in [-0.2, -0.15) is 0 Å². The third-order valence-electron chi connectivity index (χ3n) is 4.02. The van der Waals surface area contributed by atoms with Crippen molar-refractivity contribution in [1.82, 2.24) is 10.6 Å². The minimum absolute atomic E-state index is 0. The van der Waals surface area contributed by atoms with E-state index in [0.717, 1.165) is 24.5 Å². The minimum Gasteiger partial charge on any atom is -0.357 e. The molecule has 0 radical (unpaired) electrons. The average molecular weight is 439 g/mol. The quantitative estimate of drug-likeness (QED) is 0.419. The summed E-state index contributed by atoms with van der Waals surface area (Å²) in [5, 5.41) is 6.76. The second-order valence-corrected chi connectivity index (χ2v) is 5.83. The molecule has 0 aromatic heterocycles. The Morgan fingerprint density at radius 1 is 1.12 bits per heavy atom. The van der Waals surface area contributed by atoms with E-state index in [1.54, 1.807) is 12.1 Å². The molecule has 1 saturated carbocycles. The van der Waals surface area contributed by atoms with E-state index in [0.29, 0.717) is 18.5 Å². The van der Waals surface area contributed by atoms with Gasteiger partial charge in [-0.1, -0.05) is 42.5 Å². The lowest BCUT2D eigenvalue weighted by Crippen LogP contribution is -2.39. The highest BCUT2D eigenvalue weighted by Gasteiger charge is 2.38. The van der Waals surface area contributed by atoms with Crippen molar-refractivity contribution < 1.29 is 4.39 Å². The lowest BCUT2D eigenvalue weighted by atomic mass is 10.1. The van der Waals surface area contributed by atoms with Gasteiger partial charge in [0.1, 0.15) is 5.82 Å². The van der Waals surface area contributed by atoms with Crippen LogP contribution in [-0.4, -0.2) is 18.5 Å². The van der Waals surface area contributed by atoms with Crippen LogP contribution in [0.1, 0.15) is 30.4 Å². The Morgan fingerprint density at radius 3 is 2.50 bits per heavy atom. The van der Waals surface area contributed by atoms with Crippen molar-refractivity contribution in [3.63, 3.8) is 0 Å². The number of aliphatic imine (C=N–C) groups is 1. The van der Waals surface area contributed by atoms with E-state index in [-0.39, 0.29) is 29.8 Å². The van der Waals surface area contributed by atoms with E-state index in [2.05, 4.69) is 46.8 Å². The van der Waals surface area contributed by atoms with E-state index in [9.17, 15) is 4.39 Å². The molecule has 2 aromatic carbocycles. The molecule has 0 heterocycles. The second kappa shape index (κ2) is 9.01. The van der Waals surface area contributed by atoms with E-state index >= 15 is 0 Å². The molecule has 1 aliphatic carbocycles. The van der Waals surface area contributed by atoms with E-state index in [1.165, 1.54) is 17.7 Å². The molecule has 0 bridgehead atoms. The van der Waals surface area contributed by atoms with Gasteiger partial charge >= 0.3 is 0 Å². The molecule has 3 rings (SSSR count). The first-order valence-corrected chi connectivity index (χ1v) is 8.10. The molecule has 5 heteroatoms. The number of benzene rings is 2. The predicted molar refractivity (Wildman–Crippen MR) is 107 cm³/mol. The number of nitrogens with one attached hydrogen (secondary N) is 2. The van der Waals surface area contributed by atoms with Crippen LogP contribution < -0.4 is 10.6 Å². The normalized spacial score (nSPS) is 19.3. The molecule has 2 N–H and O–H groups in total. The van der Waals surface area contributed by atoms with Gasteiger partial charge in [0.2, 0.25) is 0 Å². The van der Waals surface area contributed by atoms with Gasteiger partial charge in [0.05, 0.1) is 6.54 Å². The van der Waals surface area contributed by atoms with Crippen molar-refractivity contribution in [1.29, 1.82) is 0 Å². The Hall–Kier alpha value is -1.63. The van der Waals surface area contributed by atoms with Gasteiger partial charge in [-0.15, -0.1) is 24.0 Å². The fourth-order valence-electron chi connectivity index (χ4n) is 2.68. The van der Waals surface area contributed by atoms with Gasteiger partial charge in [-0.25, -0.2) is 9.38 Å². The minimum atomic E-state index is -0.216. The maximum Gasteiger partial charge on any atom is 0.191 e. The highest BCUT2D eigenvalue weighted by Crippen LogP contribution is 2.40. The van der Waals surface area contributed by atoms with Crippen molar-refractivity contribution in [2.45, 2.75) is 31.8 Å². The van der Waals surface area contributed by atoms with Gasteiger partial charge in [-0.05, 0) is 36.6 Å². The number of nitrogens with zero attached hydrogens (tertiary/aromatic N) is 1. The number of guanidine groups is 1. The van der Waals surface area contributed by atoms with Crippen LogP contribution in [0.2, 0.25) is 0 Å². The monoisotopic (exact) mass is 439 g/mol. The highest BCUT2D eigenvalue weighted by molar-refractivity contribution is 14.0. The Bertz CT molecular complexity index is 658. The summed E-state index contributed by atoms with van der Waals surface area (Å²) < 4.78 is 12.9. The first kappa shape index (κ1) is 18.7. The first-order valence-electron chi connectivity index (χ1n) is 8.10. The Kier molecular flexibility index (Phi) is 7.02. The van der Waals surface area contributed by atoms with Crippen LogP contribution in [-0.2, 0) is 6.54 Å². The molecule has 24 heavy (non-hydrogen) atoms. The molecule has 3 nitrogen and oxygen atoms in total. The Labute approximate surface area is 159 Å². The fraction of sp³-hybridized carbons (Fsp3) is 0.316. The molecular weight excluding hydrogens is 416 g/mol. The van der Waals surface area contributed by atoms with Gasteiger partial charge in [0.15, 0.2) is 5.96 Å². The van der Waals surface area contributed by atoms with Crippen molar-refractivity contribution >= 4 is 29.9 Å². The van der Waals surface area contributed by atoms with Crippen LogP contribution in [0.4, 0.5) is 4.39 Å². The highest BCUT2D eigenvalue weighted by atomic mass is 127. The number of rotatable bonds is 5. The van der Waals surface area contributed by atoms with Crippen molar-refractivity contribution in [3.05, 3.63) is 71.5 Å². The summed E-state index contributed by atoms with van der Waals surface area (Å²) in [5.74, 6) is 1.16. The topological polar surface area (TPSA) is 36.4 Å². The largest absolute Gasteiger partial charge is 0.357 e. The third kappa shape index (κ3) is 5.19. The van der Waals surface area contributed by atoms with Crippen molar-refractivity contribution in [2.75, 3.05) is 6.54 Å². The summed E-state index contributed by atoms with van der Waals surface area (Å²) in [4.78, 5) is 4.59. The molecule has 0 aliphatic heterocycles. The van der Waals surface area contributed by atoms with Crippen molar-refractivity contribution in [2.24, 2.45) is 4.99 Å². The van der Waals surface area contributed by atoms with Crippen molar-refractivity contribution in [3.8, 4) is 0 Å². The molecule has 2 aromatic rings. The molecule has 2 unspecified atom stereocenters. The number of halogens is 2. The van der Waals surface area contributed by atoms with Gasteiger partial charge in [-0.3, -0.25) is 0 Å². The van der Waals surface area contributed by atoms with Gasteiger partial charge in [0, 0.05) is 18.5 Å². The zero-order chi connectivity index (χ0) is 16.1. The molecule has 0 saturated heterocycles. The van der Waals surface area contributed by atoms with Crippen LogP contribution in [0.15, 0.2) is 59.6 Å².